The Morgan fingerprint density at radius 1 is 1.30 bits per heavy atom. The number of nitrogens with one attached hydrogen (secondary N) is 1. The summed E-state index contributed by atoms with van der Waals surface area (Å²) in [5.41, 5.74) is 5.88. The molecule has 0 aliphatic carbocycles. The fourth-order valence-electron chi connectivity index (χ4n) is 3.70. The summed E-state index contributed by atoms with van der Waals surface area (Å²) in [6.07, 6.45) is 0. The third-order valence-corrected chi connectivity index (χ3v) is 5.29. The van der Waals surface area contributed by atoms with Crippen LogP contribution in [0.3, 0.4) is 0 Å². The Morgan fingerprint density at radius 2 is 2.07 bits per heavy atom. The number of rotatable bonds is 3. The molecule has 1 fully saturated rings. The summed E-state index contributed by atoms with van der Waals surface area (Å²) in [6, 6.07) is 14.0. The molecule has 2 atom stereocenters. The molecule has 0 radical (unpaired) electrons. The van der Waals surface area contributed by atoms with E-state index in [1.54, 1.807) is 43.0 Å². The van der Waals surface area contributed by atoms with Crippen molar-refractivity contribution in [2.24, 2.45) is 5.73 Å². The number of carbonyl (C=O) groups is 2. The van der Waals surface area contributed by atoms with Crippen LogP contribution in [0.2, 0.25) is 0 Å². The first kappa shape index (κ1) is 19.6. The summed E-state index contributed by atoms with van der Waals surface area (Å²) >= 11 is 0. The van der Waals surface area contributed by atoms with Gasteiger partial charge in [-0.2, -0.15) is 5.10 Å². The molecule has 8 nitrogen and oxygen atoms in total. The van der Waals surface area contributed by atoms with Crippen molar-refractivity contribution >= 4 is 22.7 Å². The summed E-state index contributed by atoms with van der Waals surface area (Å²) in [5, 5.41) is 18.8. The second kappa shape index (κ2) is 7.30. The zero-order chi connectivity index (χ0) is 21.5. The SMILES string of the molecule is CNC1CN(C)C(=O)C1(O)C#Cc1cccc(-n2nc(C(N)=O)c3ccccc32)c1. The largest absolute Gasteiger partial charge is 0.368 e. The Kier molecular flexibility index (Phi) is 4.78. The van der Waals surface area contributed by atoms with Crippen molar-refractivity contribution in [3.05, 3.63) is 59.8 Å². The lowest BCUT2D eigenvalue weighted by atomic mass is 9.97. The Bertz CT molecular complexity index is 1220. The molecule has 1 aromatic heterocycles. The van der Waals surface area contributed by atoms with Crippen molar-refractivity contribution in [1.82, 2.24) is 20.0 Å². The molecule has 4 rings (SSSR count). The molecular formula is C22H21N5O3. The first-order valence-corrected chi connectivity index (χ1v) is 9.41. The second-order valence-corrected chi connectivity index (χ2v) is 7.24. The first-order valence-electron chi connectivity index (χ1n) is 9.41. The predicted molar refractivity (Wildman–Crippen MR) is 112 cm³/mol. The smallest absolute Gasteiger partial charge is 0.269 e. The topological polar surface area (TPSA) is 113 Å². The molecule has 152 valence electrons. The van der Waals surface area contributed by atoms with Crippen LogP contribution in [0.25, 0.3) is 16.6 Å². The van der Waals surface area contributed by atoms with Gasteiger partial charge in [-0.15, -0.1) is 0 Å². The van der Waals surface area contributed by atoms with Crippen LogP contribution in [0.1, 0.15) is 16.1 Å². The molecule has 0 saturated carbocycles. The summed E-state index contributed by atoms with van der Waals surface area (Å²) in [7, 11) is 3.32. The minimum absolute atomic E-state index is 0.188. The average Bonchev–Trinajstić information content (AvgIpc) is 3.24. The number of aromatic nitrogens is 2. The number of likely N-dealkylation sites (N-methyl/N-ethyl adjacent to an activating group) is 2. The number of primary amides is 1. The summed E-state index contributed by atoms with van der Waals surface area (Å²) < 4.78 is 1.63. The van der Waals surface area contributed by atoms with Crippen LogP contribution in [0, 0.1) is 11.8 Å². The minimum atomic E-state index is -1.79. The Labute approximate surface area is 173 Å². The molecule has 2 heterocycles. The van der Waals surface area contributed by atoms with Gasteiger partial charge in [0.2, 0.25) is 5.60 Å². The van der Waals surface area contributed by atoms with Gasteiger partial charge in [0.15, 0.2) is 5.69 Å². The maximum Gasteiger partial charge on any atom is 0.269 e. The lowest BCUT2D eigenvalue weighted by Crippen LogP contribution is -2.50. The second-order valence-electron chi connectivity index (χ2n) is 7.24. The summed E-state index contributed by atoms with van der Waals surface area (Å²) in [5.74, 6) is 4.61. The highest BCUT2D eigenvalue weighted by atomic mass is 16.3. The van der Waals surface area contributed by atoms with E-state index >= 15 is 0 Å². The van der Waals surface area contributed by atoms with Gasteiger partial charge in [-0.05, 0) is 31.3 Å². The Morgan fingerprint density at radius 3 is 2.80 bits per heavy atom. The third-order valence-electron chi connectivity index (χ3n) is 5.29. The van der Waals surface area contributed by atoms with Crippen LogP contribution >= 0.6 is 0 Å². The first-order chi connectivity index (χ1) is 14.3. The molecule has 1 saturated heterocycles. The van der Waals surface area contributed by atoms with Crippen LogP contribution in [0.15, 0.2) is 48.5 Å². The van der Waals surface area contributed by atoms with E-state index in [0.717, 1.165) is 5.52 Å². The van der Waals surface area contributed by atoms with E-state index in [9.17, 15) is 14.7 Å². The molecule has 1 aliphatic heterocycles. The molecule has 0 spiro atoms. The highest BCUT2D eigenvalue weighted by molar-refractivity contribution is 6.04. The Balaban J connectivity index is 1.76. The van der Waals surface area contributed by atoms with Crippen molar-refractivity contribution in [2.75, 3.05) is 20.6 Å². The number of likely N-dealkylation sites (tertiary alicyclic amines) is 1. The average molecular weight is 403 g/mol. The predicted octanol–water partition coefficient (Wildman–Crippen LogP) is 0.267. The monoisotopic (exact) mass is 403 g/mol. The van der Waals surface area contributed by atoms with Gasteiger partial charge < -0.3 is 21.1 Å². The van der Waals surface area contributed by atoms with E-state index < -0.39 is 23.5 Å². The Hall–Kier alpha value is -3.67. The van der Waals surface area contributed by atoms with Gasteiger partial charge in [-0.1, -0.05) is 36.1 Å². The van der Waals surface area contributed by atoms with Crippen LogP contribution < -0.4 is 11.1 Å². The normalized spacial score (nSPS) is 21.0. The maximum atomic E-state index is 12.4. The van der Waals surface area contributed by atoms with Crippen molar-refractivity contribution in [3.8, 4) is 17.5 Å². The lowest BCUT2D eigenvalue weighted by Gasteiger charge is -2.20. The highest BCUT2D eigenvalue weighted by Gasteiger charge is 2.50. The fraction of sp³-hybridized carbons (Fsp3) is 0.227. The van der Waals surface area contributed by atoms with Gasteiger partial charge in [-0.25, -0.2) is 4.68 Å². The van der Waals surface area contributed by atoms with Gasteiger partial charge in [0.25, 0.3) is 11.8 Å². The zero-order valence-corrected chi connectivity index (χ0v) is 16.6. The molecule has 3 aromatic rings. The van der Waals surface area contributed by atoms with Gasteiger partial charge in [0.1, 0.15) is 0 Å². The molecule has 2 amide bonds. The molecule has 1 aliphatic rings. The van der Waals surface area contributed by atoms with Crippen molar-refractivity contribution in [2.45, 2.75) is 11.6 Å². The molecule has 2 aromatic carbocycles. The number of aliphatic hydroxyl groups is 1. The quantitative estimate of drug-likeness (QED) is 0.543. The van der Waals surface area contributed by atoms with Crippen LogP contribution in [0.5, 0.6) is 0 Å². The van der Waals surface area contributed by atoms with E-state index in [4.69, 9.17) is 5.73 Å². The van der Waals surface area contributed by atoms with Gasteiger partial charge in [0, 0.05) is 24.5 Å². The number of nitrogens with zero attached hydrogens (tertiary/aromatic N) is 3. The fourth-order valence-corrected chi connectivity index (χ4v) is 3.70. The van der Waals surface area contributed by atoms with E-state index in [2.05, 4.69) is 22.3 Å². The van der Waals surface area contributed by atoms with Crippen LogP contribution in [-0.2, 0) is 4.79 Å². The molecule has 4 N–H and O–H groups in total. The van der Waals surface area contributed by atoms with Crippen molar-refractivity contribution in [1.29, 1.82) is 0 Å². The lowest BCUT2D eigenvalue weighted by molar-refractivity contribution is -0.138. The molecule has 0 bridgehead atoms. The van der Waals surface area contributed by atoms with Gasteiger partial charge >= 0.3 is 0 Å². The van der Waals surface area contributed by atoms with Gasteiger partial charge in [-0.3, -0.25) is 9.59 Å². The van der Waals surface area contributed by atoms with Crippen molar-refractivity contribution in [3.63, 3.8) is 0 Å². The molecule has 8 heteroatoms. The minimum Gasteiger partial charge on any atom is -0.368 e. The van der Waals surface area contributed by atoms with E-state index in [0.29, 0.717) is 23.2 Å². The zero-order valence-electron chi connectivity index (χ0n) is 16.6. The molecule has 30 heavy (non-hydrogen) atoms. The standard InChI is InChI=1S/C22H21N5O3/c1-24-18-13-26(2)21(29)22(18,30)11-10-14-6-5-7-15(12-14)27-17-9-4-3-8-16(17)19(25-27)20(23)28/h3-9,12,18,24,30H,13H2,1-2H3,(H2,23,28). The highest BCUT2D eigenvalue weighted by Crippen LogP contribution is 2.24. The number of para-hydroxylation sites is 1. The van der Waals surface area contributed by atoms with E-state index in [1.807, 2.05) is 24.3 Å². The molecule has 2 unspecified atom stereocenters. The molecular weight excluding hydrogens is 382 g/mol. The number of nitrogens with two attached hydrogens (primary N) is 1. The third kappa shape index (κ3) is 3.10. The number of hydrogen-bond donors (Lipinski definition) is 3. The number of hydrogen-bond acceptors (Lipinski definition) is 5. The van der Waals surface area contributed by atoms with E-state index in [1.165, 1.54) is 4.90 Å². The number of carbonyl (C=O) groups excluding carboxylic acids is 2. The number of fused-ring (bicyclic) bond motifs is 1. The van der Waals surface area contributed by atoms with Gasteiger partial charge in [0.05, 0.1) is 17.2 Å². The maximum absolute atomic E-state index is 12.4. The number of amides is 2. The summed E-state index contributed by atoms with van der Waals surface area (Å²) in [4.78, 5) is 25.6. The van der Waals surface area contributed by atoms with Crippen LogP contribution in [-0.4, -0.2) is 63.9 Å². The van der Waals surface area contributed by atoms with Crippen LogP contribution in [0.4, 0.5) is 0 Å². The number of benzene rings is 2. The van der Waals surface area contributed by atoms with E-state index in [-0.39, 0.29) is 5.69 Å². The summed E-state index contributed by atoms with van der Waals surface area (Å²) in [6.45, 7) is 0.371. The van der Waals surface area contributed by atoms with Crippen molar-refractivity contribution < 1.29 is 14.7 Å².